The maximum Gasteiger partial charge on any atom is 0.164 e. The van der Waals surface area contributed by atoms with Crippen LogP contribution in [-0.4, -0.2) is 19.9 Å². The molecule has 0 saturated carbocycles. The Bertz CT molecular complexity index is 4810. The van der Waals surface area contributed by atoms with E-state index in [0.717, 1.165) is 106 Å². The Hall–Kier alpha value is -11.3. The minimum absolute atomic E-state index is 0.585. The van der Waals surface area contributed by atoms with Gasteiger partial charge < -0.3 is 4.98 Å². The molecule has 4 heteroatoms. The van der Waals surface area contributed by atoms with Crippen LogP contribution in [0.3, 0.4) is 0 Å². The van der Waals surface area contributed by atoms with E-state index in [1.54, 1.807) is 0 Å². The summed E-state index contributed by atoms with van der Waals surface area (Å²) >= 11 is 0. The van der Waals surface area contributed by atoms with E-state index in [-0.39, 0.29) is 0 Å². The molecule has 0 amide bonds. The molecule has 2 aromatic heterocycles. The number of nitrogens with one attached hydrogen (secondary N) is 1. The minimum Gasteiger partial charge on any atom is -0.354 e. The molecule has 0 saturated heterocycles. The van der Waals surface area contributed by atoms with Crippen molar-refractivity contribution in [3.8, 4) is 134 Å². The van der Waals surface area contributed by atoms with Gasteiger partial charge in [0.05, 0.1) is 5.52 Å². The van der Waals surface area contributed by atoms with Crippen molar-refractivity contribution in [2.75, 3.05) is 0 Å². The Balaban J connectivity index is 0.842. The van der Waals surface area contributed by atoms with Crippen LogP contribution in [0.25, 0.3) is 156 Å². The molecule has 13 aromatic carbocycles. The van der Waals surface area contributed by atoms with E-state index < -0.39 is 0 Å². The minimum atomic E-state index is 0.585. The lowest BCUT2D eigenvalue weighted by atomic mass is 9.92. The summed E-state index contributed by atoms with van der Waals surface area (Å²) in [5.41, 5.74) is 25.2. The molecule has 0 aliphatic heterocycles. The monoisotopic (exact) mass is 1080 g/mol. The lowest BCUT2D eigenvalue weighted by Crippen LogP contribution is -2.01. The fraction of sp³-hybridized carbons (Fsp3) is 0. The lowest BCUT2D eigenvalue weighted by molar-refractivity contribution is 1.07. The molecule has 0 aliphatic rings. The van der Waals surface area contributed by atoms with E-state index in [9.17, 15) is 0 Å². The Labute approximate surface area is 494 Å². The third kappa shape index (κ3) is 10.3. The van der Waals surface area contributed by atoms with Crippen LogP contribution in [0.15, 0.2) is 322 Å². The topological polar surface area (TPSA) is 54.5 Å². The van der Waals surface area contributed by atoms with Crippen molar-refractivity contribution in [1.82, 2.24) is 19.9 Å². The third-order valence-corrected chi connectivity index (χ3v) is 16.2. The predicted molar refractivity (Wildman–Crippen MR) is 354 cm³/mol. The van der Waals surface area contributed by atoms with Crippen LogP contribution in [0.4, 0.5) is 0 Å². The number of hydrogen-bond acceptors (Lipinski definition) is 3. The molecule has 0 atom stereocenters. The van der Waals surface area contributed by atoms with Crippen LogP contribution < -0.4 is 0 Å². The molecule has 0 bridgehead atoms. The quantitative estimate of drug-likeness (QED) is 0.133. The first-order valence-corrected chi connectivity index (χ1v) is 28.9. The molecule has 4 nitrogen and oxygen atoms in total. The maximum absolute atomic E-state index is 5.45. The standard InChI is InChI=1S/C81H54N4/c1-7-20-54(21-8-1)60-36-40-63(41-37-60)79-83-80(72-47-67(56-24-11-3-12-25-56)45-68(48-72)57-26-13-4-14-27-57)85-81(84-79)73-49-69(58-28-15-5-16-29-58)46-70(50-73)65-33-19-32-64(44-65)61-34-38-62(39-35-61)74-52-71(59-30-17-6-18-31-59)53-76-75-51-66(55-22-9-2-10-23-55)42-43-77(75)82-78(74)76/h1-53,82H. The molecule has 2 heterocycles. The first-order valence-electron chi connectivity index (χ1n) is 28.9. The number of H-pyrrole nitrogens is 1. The fourth-order valence-electron chi connectivity index (χ4n) is 11.8. The molecule has 0 radical (unpaired) electrons. The SMILES string of the molecule is c1ccc(-c2ccc(-c3nc(-c4cc(-c5ccccc5)cc(-c5ccccc5)c4)nc(-c4cc(-c5ccccc5)cc(-c5cccc(-c6ccc(-c7cc(-c8ccccc8)cc8c7[nH]c7ccc(-c9ccccc9)cc78)cc6)c5)c4)n3)cc2)cc1. The van der Waals surface area contributed by atoms with Crippen LogP contribution >= 0.6 is 0 Å². The second kappa shape index (κ2) is 22.2. The van der Waals surface area contributed by atoms with Gasteiger partial charge in [0, 0.05) is 38.5 Å². The summed E-state index contributed by atoms with van der Waals surface area (Å²) in [6, 6.07) is 115. The van der Waals surface area contributed by atoms with E-state index in [0.29, 0.717) is 17.5 Å². The Morgan fingerprint density at radius 1 is 0.176 bits per heavy atom. The van der Waals surface area contributed by atoms with E-state index in [1.807, 2.05) is 6.07 Å². The number of aromatic nitrogens is 4. The van der Waals surface area contributed by atoms with Crippen molar-refractivity contribution in [3.63, 3.8) is 0 Å². The maximum atomic E-state index is 5.45. The molecule has 1 N–H and O–H groups in total. The summed E-state index contributed by atoms with van der Waals surface area (Å²) < 4.78 is 0. The summed E-state index contributed by atoms with van der Waals surface area (Å²) in [5.74, 6) is 1.77. The summed E-state index contributed by atoms with van der Waals surface area (Å²) in [5, 5.41) is 2.41. The average Bonchev–Trinajstić information content (AvgIpc) is 3.86. The summed E-state index contributed by atoms with van der Waals surface area (Å²) in [4.78, 5) is 20.0. The first kappa shape index (κ1) is 50.6. The average molecular weight is 1080 g/mol. The zero-order valence-corrected chi connectivity index (χ0v) is 46.4. The summed E-state index contributed by atoms with van der Waals surface area (Å²) in [6.45, 7) is 0. The summed E-state index contributed by atoms with van der Waals surface area (Å²) in [7, 11) is 0. The van der Waals surface area contributed by atoms with Gasteiger partial charge >= 0.3 is 0 Å². The highest BCUT2D eigenvalue weighted by Crippen LogP contribution is 2.41. The van der Waals surface area contributed by atoms with Gasteiger partial charge in [0.15, 0.2) is 17.5 Å². The molecule has 0 spiro atoms. The van der Waals surface area contributed by atoms with Gasteiger partial charge in [-0.3, -0.25) is 0 Å². The number of aromatic amines is 1. The Morgan fingerprint density at radius 2 is 0.447 bits per heavy atom. The highest BCUT2D eigenvalue weighted by Gasteiger charge is 2.19. The van der Waals surface area contributed by atoms with Gasteiger partial charge in [-0.2, -0.15) is 0 Å². The molecule has 15 rings (SSSR count). The van der Waals surface area contributed by atoms with E-state index >= 15 is 0 Å². The van der Waals surface area contributed by atoms with Crippen molar-refractivity contribution in [3.05, 3.63) is 322 Å². The normalized spacial score (nSPS) is 11.3. The van der Waals surface area contributed by atoms with Crippen LogP contribution in [0, 0.1) is 0 Å². The molecule has 398 valence electrons. The second-order valence-corrected chi connectivity index (χ2v) is 21.7. The lowest BCUT2D eigenvalue weighted by Gasteiger charge is -2.14. The highest BCUT2D eigenvalue weighted by molar-refractivity contribution is 6.14. The van der Waals surface area contributed by atoms with Gasteiger partial charge in [-0.05, 0) is 161 Å². The van der Waals surface area contributed by atoms with Crippen molar-refractivity contribution < 1.29 is 0 Å². The van der Waals surface area contributed by atoms with Gasteiger partial charge in [-0.25, -0.2) is 15.0 Å². The van der Waals surface area contributed by atoms with E-state index in [2.05, 4.69) is 320 Å². The van der Waals surface area contributed by atoms with Gasteiger partial charge in [-0.15, -0.1) is 0 Å². The Kier molecular flexibility index (Phi) is 13.2. The van der Waals surface area contributed by atoms with Crippen molar-refractivity contribution in [2.24, 2.45) is 0 Å². The number of benzene rings is 13. The van der Waals surface area contributed by atoms with Gasteiger partial charge in [-0.1, -0.05) is 255 Å². The van der Waals surface area contributed by atoms with Crippen LogP contribution in [0.2, 0.25) is 0 Å². The number of fused-ring (bicyclic) bond motifs is 3. The number of nitrogens with zero attached hydrogens (tertiary/aromatic N) is 3. The largest absolute Gasteiger partial charge is 0.354 e. The van der Waals surface area contributed by atoms with Crippen LogP contribution in [0.5, 0.6) is 0 Å². The van der Waals surface area contributed by atoms with Crippen LogP contribution in [0.1, 0.15) is 0 Å². The van der Waals surface area contributed by atoms with Crippen molar-refractivity contribution >= 4 is 21.8 Å². The molecule has 0 aliphatic carbocycles. The fourth-order valence-corrected chi connectivity index (χ4v) is 11.8. The molecule has 0 fully saturated rings. The number of hydrogen-bond donors (Lipinski definition) is 1. The molecule has 0 unspecified atom stereocenters. The zero-order valence-electron chi connectivity index (χ0n) is 46.4. The highest BCUT2D eigenvalue weighted by atomic mass is 15.0. The molecular weight excluding hydrogens is 1030 g/mol. The molecular formula is C81H54N4. The second-order valence-electron chi connectivity index (χ2n) is 21.7. The smallest absolute Gasteiger partial charge is 0.164 e. The molecule has 15 aromatic rings. The predicted octanol–water partition coefficient (Wildman–Crippen LogP) is 21.5. The zero-order chi connectivity index (χ0) is 56.5. The van der Waals surface area contributed by atoms with Gasteiger partial charge in [0.1, 0.15) is 0 Å². The number of rotatable bonds is 12. The van der Waals surface area contributed by atoms with Gasteiger partial charge in [0.2, 0.25) is 0 Å². The van der Waals surface area contributed by atoms with E-state index in [4.69, 9.17) is 15.0 Å². The van der Waals surface area contributed by atoms with Gasteiger partial charge in [0.25, 0.3) is 0 Å². The van der Waals surface area contributed by atoms with Crippen LogP contribution in [-0.2, 0) is 0 Å². The first-order chi connectivity index (χ1) is 42.1. The van der Waals surface area contributed by atoms with Crippen molar-refractivity contribution in [1.29, 1.82) is 0 Å². The molecule has 85 heavy (non-hydrogen) atoms. The van der Waals surface area contributed by atoms with Crippen molar-refractivity contribution in [2.45, 2.75) is 0 Å². The van der Waals surface area contributed by atoms with E-state index in [1.165, 1.54) is 33.0 Å². The summed E-state index contributed by atoms with van der Waals surface area (Å²) in [6.07, 6.45) is 0. The Morgan fingerprint density at radius 3 is 0.906 bits per heavy atom. The third-order valence-electron chi connectivity index (χ3n) is 16.2.